The average molecular weight is 286 g/mol. The van der Waals surface area contributed by atoms with Crippen LogP contribution in [0.4, 0.5) is 0 Å². The first-order chi connectivity index (χ1) is 10.3. The maximum atomic E-state index is 10.6. The summed E-state index contributed by atoms with van der Waals surface area (Å²) in [4.78, 5) is 10.6. The molecule has 0 aliphatic heterocycles. The van der Waals surface area contributed by atoms with Gasteiger partial charge in [-0.3, -0.25) is 4.79 Å². The SMILES string of the molecule is CCCCC[C@H]1CC[C@H](CCc2ccc(C=O)cc2)CC1. The van der Waals surface area contributed by atoms with Gasteiger partial charge in [-0.2, -0.15) is 0 Å². The number of aryl methyl sites for hydroxylation is 1. The molecule has 0 bridgehead atoms. The highest BCUT2D eigenvalue weighted by atomic mass is 16.1. The van der Waals surface area contributed by atoms with E-state index in [0.717, 1.165) is 23.7 Å². The highest BCUT2D eigenvalue weighted by molar-refractivity contribution is 5.74. The number of benzene rings is 1. The highest BCUT2D eigenvalue weighted by Gasteiger charge is 2.20. The molecule has 1 saturated carbocycles. The van der Waals surface area contributed by atoms with Crippen LogP contribution in [0.3, 0.4) is 0 Å². The van der Waals surface area contributed by atoms with E-state index in [0.29, 0.717) is 0 Å². The zero-order valence-corrected chi connectivity index (χ0v) is 13.5. The van der Waals surface area contributed by atoms with Crippen molar-refractivity contribution < 1.29 is 4.79 Å². The van der Waals surface area contributed by atoms with Gasteiger partial charge in [0.05, 0.1) is 0 Å². The van der Waals surface area contributed by atoms with E-state index in [9.17, 15) is 4.79 Å². The van der Waals surface area contributed by atoms with E-state index in [1.807, 2.05) is 12.1 Å². The molecule has 0 spiro atoms. The summed E-state index contributed by atoms with van der Waals surface area (Å²) >= 11 is 0. The maximum Gasteiger partial charge on any atom is 0.150 e. The van der Waals surface area contributed by atoms with Crippen LogP contribution in [-0.2, 0) is 6.42 Å². The molecule has 0 atom stereocenters. The van der Waals surface area contributed by atoms with Gasteiger partial charge in [0.15, 0.2) is 0 Å². The van der Waals surface area contributed by atoms with Gasteiger partial charge < -0.3 is 0 Å². The summed E-state index contributed by atoms with van der Waals surface area (Å²) in [6.07, 6.45) is 14.9. The smallest absolute Gasteiger partial charge is 0.150 e. The number of hydrogen-bond donors (Lipinski definition) is 0. The molecular formula is C20H30O. The van der Waals surface area contributed by atoms with E-state index >= 15 is 0 Å². The number of carbonyl (C=O) groups is 1. The van der Waals surface area contributed by atoms with Crippen LogP contribution in [0.1, 0.15) is 80.6 Å². The molecule has 1 aromatic carbocycles. The quantitative estimate of drug-likeness (QED) is 0.435. The van der Waals surface area contributed by atoms with E-state index in [2.05, 4.69) is 19.1 Å². The Morgan fingerprint density at radius 3 is 2.14 bits per heavy atom. The van der Waals surface area contributed by atoms with Crippen molar-refractivity contribution in [2.75, 3.05) is 0 Å². The van der Waals surface area contributed by atoms with Gasteiger partial charge in [-0.05, 0) is 30.2 Å². The predicted molar refractivity (Wildman–Crippen MR) is 89.7 cm³/mol. The fourth-order valence-corrected chi connectivity index (χ4v) is 3.63. The number of carbonyl (C=O) groups excluding carboxylic acids is 1. The molecule has 0 unspecified atom stereocenters. The van der Waals surface area contributed by atoms with Gasteiger partial charge in [-0.1, -0.05) is 82.6 Å². The zero-order valence-electron chi connectivity index (χ0n) is 13.5. The molecule has 0 aromatic heterocycles. The van der Waals surface area contributed by atoms with Crippen LogP contribution >= 0.6 is 0 Å². The second kappa shape index (κ2) is 9.02. The minimum Gasteiger partial charge on any atom is -0.298 e. The number of aldehydes is 1. The van der Waals surface area contributed by atoms with Gasteiger partial charge in [-0.15, -0.1) is 0 Å². The van der Waals surface area contributed by atoms with Crippen LogP contribution in [0.2, 0.25) is 0 Å². The molecular weight excluding hydrogens is 256 g/mol. The standard InChI is InChI=1S/C20H30O/c1-2-3-4-5-17-6-8-18(9-7-17)10-11-19-12-14-20(16-21)15-13-19/h12-18H,2-11H2,1H3/t17-,18-. The van der Waals surface area contributed by atoms with Crippen molar-refractivity contribution in [1.82, 2.24) is 0 Å². The Balaban J connectivity index is 1.65. The van der Waals surface area contributed by atoms with Crippen LogP contribution in [0.25, 0.3) is 0 Å². The second-order valence-corrected chi connectivity index (χ2v) is 6.78. The summed E-state index contributed by atoms with van der Waals surface area (Å²) in [5, 5.41) is 0. The summed E-state index contributed by atoms with van der Waals surface area (Å²) in [5.41, 5.74) is 2.16. The molecule has 1 aromatic rings. The molecule has 1 nitrogen and oxygen atoms in total. The van der Waals surface area contributed by atoms with Gasteiger partial charge in [0.1, 0.15) is 6.29 Å². The highest BCUT2D eigenvalue weighted by Crippen LogP contribution is 2.34. The molecule has 21 heavy (non-hydrogen) atoms. The molecule has 0 radical (unpaired) electrons. The van der Waals surface area contributed by atoms with Crippen LogP contribution < -0.4 is 0 Å². The lowest BCUT2D eigenvalue weighted by molar-refractivity contribution is 0.112. The third kappa shape index (κ3) is 5.65. The van der Waals surface area contributed by atoms with E-state index in [4.69, 9.17) is 0 Å². The van der Waals surface area contributed by atoms with Crippen LogP contribution in [0.5, 0.6) is 0 Å². The van der Waals surface area contributed by atoms with Gasteiger partial charge in [-0.25, -0.2) is 0 Å². The summed E-state index contributed by atoms with van der Waals surface area (Å²) in [6.45, 7) is 2.29. The Hall–Kier alpha value is -1.11. The van der Waals surface area contributed by atoms with Crippen LogP contribution in [0, 0.1) is 11.8 Å². The second-order valence-electron chi connectivity index (χ2n) is 6.78. The Bertz CT molecular complexity index is 398. The summed E-state index contributed by atoms with van der Waals surface area (Å²) in [7, 11) is 0. The summed E-state index contributed by atoms with van der Waals surface area (Å²) in [5.74, 6) is 1.94. The molecule has 1 heteroatoms. The molecule has 0 amide bonds. The summed E-state index contributed by atoms with van der Waals surface area (Å²) < 4.78 is 0. The van der Waals surface area contributed by atoms with Crippen molar-refractivity contribution in [3.63, 3.8) is 0 Å². The molecule has 0 N–H and O–H groups in total. The lowest BCUT2D eigenvalue weighted by atomic mass is 9.78. The number of rotatable bonds is 8. The van der Waals surface area contributed by atoms with Crippen molar-refractivity contribution in [1.29, 1.82) is 0 Å². The fraction of sp³-hybridized carbons (Fsp3) is 0.650. The molecule has 0 heterocycles. The van der Waals surface area contributed by atoms with E-state index in [1.165, 1.54) is 69.8 Å². The molecule has 1 aliphatic rings. The molecule has 0 saturated heterocycles. The van der Waals surface area contributed by atoms with Crippen molar-refractivity contribution in [2.45, 2.75) is 71.1 Å². The first-order valence-corrected chi connectivity index (χ1v) is 8.86. The van der Waals surface area contributed by atoms with E-state index in [-0.39, 0.29) is 0 Å². The monoisotopic (exact) mass is 286 g/mol. The van der Waals surface area contributed by atoms with E-state index in [1.54, 1.807) is 0 Å². The topological polar surface area (TPSA) is 17.1 Å². The Labute approximate surface area is 130 Å². The number of hydrogen-bond acceptors (Lipinski definition) is 1. The van der Waals surface area contributed by atoms with Crippen molar-refractivity contribution >= 4 is 6.29 Å². The third-order valence-electron chi connectivity index (χ3n) is 5.14. The summed E-state index contributed by atoms with van der Waals surface area (Å²) in [6, 6.07) is 8.10. The molecule has 1 fully saturated rings. The lowest BCUT2D eigenvalue weighted by Crippen LogP contribution is -2.15. The van der Waals surface area contributed by atoms with E-state index < -0.39 is 0 Å². The largest absolute Gasteiger partial charge is 0.298 e. The van der Waals surface area contributed by atoms with Gasteiger partial charge >= 0.3 is 0 Å². The average Bonchev–Trinajstić information content (AvgIpc) is 2.55. The minimum absolute atomic E-state index is 0.784. The molecule has 1 aliphatic carbocycles. The normalized spacial score (nSPS) is 22.1. The van der Waals surface area contributed by atoms with Crippen molar-refractivity contribution in [3.8, 4) is 0 Å². The van der Waals surface area contributed by atoms with Gasteiger partial charge in [0, 0.05) is 5.56 Å². The predicted octanol–water partition coefficient (Wildman–Crippen LogP) is 5.82. The molecule has 116 valence electrons. The van der Waals surface area contributed by atoms with Crippen molar-refractivity contribution in [3.05, 3.63) is 35.4 Å². The fourth-order valence-electron chi connectivity index (χ4n) is 3.63. The van der Waals surface area contributed by atoms with Gasteiger partial charge in [0.25, 0.3) is 0 Å². The Morgan fingerprint density at radius 2 is 1.57 bits per heavy atom. The lowest BCUT2D eigenvalue weighted by Gasteiger charge is -2.28. The number of unbranched alkanes of at least 4 members (excludes halogenated alkanes) is 2. The Kier molecular flexibility index (Phi) is 6.99. The maximum absolute atomic E-state index is 10.6. The molecule has 2 rings (SSSR count). The van der Waals surface area contributed by atoms with Crippen LogP contribution in [0.15, 0.2) is 24.3 Å². The first-order valence-electron chi connectivity index (χ1n) is 8.86. The zero-order chi connectivity index (χ0) is 14.9. The minimum atomic E-state index is 0.784. The van der Waals surface area contributed by atoms with Gasteiger partial charge in [0.2, 0.25) is 0 Å². The van der Waals surface area contributed by atoms with Crippen LogP contribution in [-0.4, -0.2) is 6.29 Å². The first kappa shape index (κ1) is 16.3. The van der Waals surface area contributed by atoms with Crippen molar-refractivity contribution in [2.24, 2.45) is 11.8 Å². The Morgan fingerprint density at radius 1 is 0.952 bits per heavy atom. The third-order valence-corrected chi connectivity index (χ3v) is 5.14.